The molecule has 1 atom stereocenters. The van der Waals surface area contributed by atoms with Crippen molar-refractivity contribution < 1.29 is 9.59 Å². The summed E-state index contributed by atoms with van der Waals surface area (Å²) in [7, 11) is 0. The van der Waals surface area contributed by atoms with Crippen LogP contribution < -0.4 is 5.32 Å². The number of nitrogens with zero attached hydrogens (tertiary/aromatic N) is 1. The van der Waals surface area contributed by atoms with E-state index in [1.54, 1.807) is 11.8 Å². The zero-order chi connectivity index (χ0) is 18.9. The molecule has 0 saturated heterocycles. The second-order valence-corrected chi connectivity index (χ2v) is 6.56. The van der Waals surface area contributed by atoms with Crippen molar-refractivity contribution in [3.8, 4) is 0 Å². The quantitative estimate of drug-likeness (QED) is 0.791. The molecule has 0 unspecified atom stereocenters. The molecule has 0 aliphatic rings. The summed E-state index contributed by atoms with van der Waals surface area (Å²) in [5.74, 6) is -0.124. The molecule has 0 heterocycles. The van der Waals surface area contributed by atoms with Gasteiger partial charge in [-0.25, -0.2) is 0 Å². The zero-order valence-electron chi connectivity index (χ0n) is 15.9. The first-order chi connectivity index (χ1) is 12.5. The minimum atomic E-state index is -0.500. The number of likely N-dealkylation sites (N-methyl/N-ethyl adjacent to an activating group) is 1. The van der Waals surface area contributed by atoms with Crippen molar-refractivity contribution in [2.24, 2.45) is 0 Å². The highest BCUT2D eigenvalue weighted by Gasteiger charge is 2.25. The number of hydrogen-bond acceptors (Lipinski definition) is 2. The Labute approximate surface area is 156 Å². The van der Waals surface area contributed by atoms with Crippen molar-refractivity contribution in [2.75, 3.05) is 6.54 Å². The van der Waals surface area contributed by atoms with E-state index < -0.39 is 6.04 Å². The van der Waals surface area contributed by atoms with E-state index >= 15 is 0 Å². The smallest absolute Gasteiger partial charge is 0.242 e. The molecule has 0 spiro atoms. The summed E-state index contributed by atoms with van der Waals surface area (Å²) >= 11 is 0. The van der Waals surface area contributed by atoms with E-state index in [4.69, 9.17) is 0 Å². The maximum atomic E-state index is 12.9. The van der Waals surface area contributed by atoms with Gasteiger partial charge < -0.3 is 10.2 Å². The summed E-state index contributed by atoms with van der Waals surface area (Å²) in [6.45, 7) is 6.70. The van der Waals surface area contributed by atoms with Crippen molar-refractivity contribution in [3.63, 3.8) is 0 Å². The molecule has 0 aromatic heterocycles. The van der Waals surface area contributed by atoms with Crippen LogP contribution in [-0.2, 0) is 22.6 Å². The highest BCUT2D eigenvalue weighted by atomic mass is 16.2. The molecule has 1 N–H and O–H groups in total. The van der Waals surface area contributed by atoms with Crippen LogP contribution in [0, 0.1) is 6.92 Å². The van der Waals surface area contributed by atoms with Crippen molar-refractivity contribution in [2.45, 2.75) is 46.2 Å². The zero-order valence-corrected chi connectivity index (χ0v) is 15.9. The van der Waals surface area contributed by atoms with Crippen LogP contribution in [-0.4, -0.2) is 29.3 Å². The third-order valence-electron chi connectivity index (χ3n) is 4.46. The van der Waals surface area contributed by atoms with E-state index in [0.717, 1.165) is 11.1 Å². The topological polar surface area (TPSA) is 49.4 Å². The van der Waals surface area contributed by atoms with E-state index in [2.05, 4.69) is 5.32 Å². The van der Waals surface area contributed by atoms with Crippen LogP contribution in [0.3, 0.4) is 0 Å². The van der Waals surface area contributed by atoms with Crippen molar-refractivity contribution in [3.05, 3.63) is 71.3 Å². The van der Waals surface area contributed by atoms with Gasteiger partial charge in [0, 0.05) is 19.5 Å². The Kier molecular flexibility index (Phi) is 7.39. The van der Waals surface area contributed by atoms with Crippen LogP contribution >= 0.6 is 0 Å². The lowest BCUT2D eigenvalue weighted by Crippen LogP contribution is -2.47. The monoisotopic (exact) mass is 352 g/mol. The average molecular weight is 352 g/mol. The molecular weight excluding hydrogens is 324 g/mol. The van der Waals surface area contributed by atoms with E-state index in [9.17, 15) is 9.59 Å². The minimum absolute atomic E-state index is 0.00631. The number of nitrogens with one attached hydrogen (secondary N) is 1. The molecule has 2 amide bonds. The van der Waals surface area contributed by atoms with E-state index in [0.29, 0.717) is 25.9 Å². The Balaban J connectivity index is 2.11. The molecule has 4 heteroatoms. The molecule has 2 aromatic rings. The first kappa shape index (κ1) is 19.7. The molecule has 0 aliphatic carbocycles. The third kappa shape index (κ3) is 5.73. The predicted molar refractivity (Wildman–Crippen MR) is 105 cm³/mol. The summed E-state index contributed by atoms with van der Waals surface area (Å²) in [5.41, 5.74) is 3.33. The molecule has 2 rings (SSSR count). The van der Waals surface area contributed by atoms with E-state index in [1.807, 2.05) is 68.4 Å². The molecule has 26 heavy (non-hydrogen) atoms. The molecule has 2 aromatic carbocycles. The summed E-state index contributed by atoms with van der Waals surface area (Å²) in [6, 6.07) is 17.5. The van der Waals surface area contributed by atoms with Crippen LogP contribution in [0.5, 0.6) is 0 Å². The van der Waals surface area contributed by atoms with Crippen LogP contribution in [0.1, 0.15) is 37.0 Å². The minimum Gasteiger partial charge on any atom is -0.355 e. The van der Waals surface area contributed by atoms with Crippen LogP contribution in [0.15, 0.2) is 54.6 Å². The first-order valence-electron chi connectivity index (χ1n) is 9.18. The molecular formula is C22H28N2O2. The highest BCUT2D eigenvalue weighted by molar-refractivity contribution is 5.87. The second-order valence-electron chi connectivity index (χ2n) is 6.56. The Morgan fingerprint density at radius 1 is 1.00 bits per heavy atom. The normalized spacial score (nSPS) is 11.7. The maximum absolute atomic E-state index is 12.9. The molecule has 0 aliphatic heterocycles. The average Bonchev–Trinajstić information content (AvgIpc) is 2.66. The van der Waals surface area contributed by atoms with Crippen LogP contribution in [0.4, 0.5) is 0 Å². The molecule has 0 radical (unpaired) electrons. The number of aryl methyl sites for hydroxylation is 2. The fourth-order valence-corrected chi connectivity index (χ4v) is 2.83. The third-order valence-corrected chi connectivity index (χ3v) is 4.46. The highest BCUT2D eigenvalue weighted by Crippen LogP contribution is 2.13. The van der Waals surface area contributed by atoms with Gasteiger partial charge in [0.1, 0.15) is 6.04 Å². The lowest BCUT2D eigenvalue weighted by atomic mass is 10.1. The molecule has 0 saturated carbocycles. The van der Waals surface area contributed by atoms with Gasteiger partial charge in [0.15, 0.2) is 0 Å². The fraction of sp³-hybridized carbons (Fsp3) is 0.364. The Hall–Kier alpha value is -2.62. The van der Waals surface area contributed by atoms with Gasteiger partial charge in [0.25, 0.3) is 0 Å². The number of carbonyl (C=O) groups excluding carboxylic acids is 2. The molecule has 138 valence electrons. The largest absolute Gasteiger partial charge is 0.355 e. The van der Waals surface area contributed by atoms with Gasteiger partial charge in [-0.05, 0) is 38.3 Å². The Bertz CT molecular complexity index is 711. The maximum Gasteiger partial charge on any atom is 0.242 e. The van der Waals surface area contributed by atoms with Crippen LogP contribution in [0.2, 0.25) is 0 Å². The summed E-state index contributed by atoms with van der Waals surface area (Å²) in [5, 5.41) is 2.82. The van der Waals surface area contributed by atoms with Crippen molar-refractivity contribution >= 4 is 11.8 Å². The van der Waals surface area contributed by atoms with Crippen molar-refractivity contribution in [1.82, 2.24) is 10.2 Å². The first-order valence-corrected chi connectivity index (χ1v) is 9.18. The van der Waals surface area contributed by atoms with E-state index in [1.165, 1.54) is 5.56 Å². The molecule has 4 nitrogen and oxygen atoms in total. The number of hydrogen-bond donors (Lipinski definition) is 1. The molecule has 0 fully saturated rings. The molecule has 0 bridgehead atoms. The lowest BCUT2D eigenvalue weighted by Gasteiger charge is -2.29. The number of amides is 2. The predicted octanol–water partition coefficient (Wildman–Crippen LogP) is 3.48. The number of carbonyl (C=O) groups is 2. The Morgan fingerprint density at radius 3 is 2.27 bits per heavy atom. The standard InChI is InChI=1S/C22H28N2O2/c1-4-23-22(26)18(3)24(16-20-12-10-17(2)11-13-20)21(25)15-14-19-8-6-5-7-9-19/h5-13,18H,4,14-16H2,1-3H3,(H,23,26)/t18-/m1/s1. The van der Waals surface area contributed by atoms with Gasteiger partial charge in [-0.3, -0.25) is 9.59 Å². The van der Waals surface area contributed by atoms with Gasteiger partial charge in [0.05, 0.1) is 0 Å². The van der Waals surface area contributed by atoms with Gasteiger partial charge in [-0.1, -0.05) is 60.2 Å². The van der Waals surface area contributed by atoms with Gasteiger partial charge in [-0.15, -0.1) is 0 Å². The summed E-state index contributed by atoms with van der Waals surface area (Å²) in [6.07, 6.45) is 1.06. The lowest BCUT2D eigenvalue weighted by molar-refractivity contribution is -0.140. The van der Waals surface area contributed by atoms with Crippen molar-refractivity contribution in [1.29, 1.82) is 0 Å². The van der Waals surface area contributed by atoms with Gasteiger partial charge >= 0.3 is 0 Å². The summed E-state index contributed by atoms with van der Waals surface area (Å²) in [4.78, 5) is 26.9. The van der Waals surface area contributed by atoms with Gasteiger partial charge in [-0.2, -0.15) is 0 Å². The van der Waals surface area contributed by atoms with Gasteiger partial charge in [0.2, 0.25) is 11.8 Å². The number of benzene rings is 2. The summed E-state index contributed by atoms with van der Waals surface area (Å²) < 4.78 is 0. The number of rotatable bonds is 8. The Morgan fingerprint density at radius 2 is 1.65 bits per heavy atom. The van der Waals surface area contributed by atoms with E-state index in [-0.39, 0.29) is 11.8 Å². The van der Waals surface area contributed by atoms with Crippen LogP contribution in [0.25, 0.3) is 0 Å². The second kappa shape index (κ2) is 9.76. The SMILES string of the molecule is CCNC(=O)[C@@H](C)N(Cc1ccc(C)cc1)C(=O)CCc1ccccc1. The fourth-order valence-electron chi connectivity index (χ4n) is 2.83.